The molecule has 1 aliphatic rings. The van der Waals surface area contributed by atoms with E-state index in [0.717, 1.165) is 0 Å². The van der Waals surface area contributed by atoms with Gasteiger partial charge in [0.1, 0.15) is 13.2 Å². The van der Waals surface area contributed by atoms with E-state index in [9.17, 15) is 9.90 Å². The van der Waals surface area contributed by atoms with Gasteiger partial charge in [-0.15, -0.1) is 0 Å². The summed E-state index contributed by atoms with van der Waals surface area (Å²) < 4.78 is 15.1. The molecule has 0 radical (unpaired) electrons. The Balaban J connectivity index is 2.26. The lowest BCUT2D eigenvalue weighted by Crippen LogP contribution is -2.17. The van der Waals surface area contributed by atoms with Crippen molar-refractivity contribution in [1.29, 1.82) is 0 Å². The molecular weight excluding hydrogens is 212 g/mol. The quantitative estimate of drug-likeness (QED) is 0.748. The van der Waals surface area contributed by atoms with Gasteiger partial charge in [-0.05, 0) is 17.7 Å². The van der Waals surface area contributed by atoms with Crippen molar-refractivity contribution in [3.63, 3.8) is 0 Å². The normalized spacial score (nSPS) is 15.4. The molecule has 0 fully saturated rings. The lowest BCUT2D eigenvalue weighted by Gasteiger charge is -2.19. The van der Waals surface area contributed by atoms with Gasteiger partial charge in [0.25, 0.3) is 0 Å². The van der Waals surface area contributed by atoms with Crippen LogP contribution in [0.2, 0.25) is 0 Å². The number of benzene rings is 1. The number of aliphatic hydroxyl groups excluding tert-OH is 1. The van der Waals surface area contributed by atoms with Crippen LogP contribution in [0, 0.1) is 0 Å². The standard InChI is InChI=1S/C11H12O5/c1-14-11(13)10(12)7-2-3-8-9(6-7)16-5-4-15-8/h2-3,6,10,12H,4-5H2,1H3. The van der Waals surface area contributed by atoms with Crippen molar-refractivity contribution in [2.24, 2.45) is 0 Å². The third kappa shape index (κ3) is 1.94. The van der Waals surface area contributed by atoms with Crippen LogP contribution in [0.3, 0.4) is 0 Å². The summed E-state index contributed by atoms with van der Waals surface area (Å²) in [5.41, 5.74) is 0.427. The molecule has 16 heavy (non-hydrogen) atoms. The van der Waals surface area contributed by atoms with E-state index in [1.54, 1.807) is 18.2 Å². The number of rotatable bonds is 2. The third-order valence-corrected chi connectivity index (χ3v) is 2.31. The second-order valence-corrected chi connectivity index (χ2v) is 3.33. The predicted molar refractivity (Wildman–Crippen MR) is 54.4 cm³/mol. The zero-order valence-corrected chi connectivity index (χ0v) is 8.80. The van der Waals surface area contributed by atoms with Crippen LogP contribution in [0.25, 0.3) is 0 Å². The fourth-order valence-corrected chi connectivity index (χ4v) is 1.48. The summed E-state index contributed by atoms with van der Waals surface area (Å²) in [7, 11) is 1.23. The number of aliphatic hydroxyl groups is 1. The van der Waals surface area contributed by atoms with E-state index < -0.39 is 12.1 Å². The van der Waals surface area contributed by atoms with E-state index in [1.165, 1.54) is 7.11 Å². The Morgan fingerprint density at radius 2 is 2.06 bits per heavy atom. The highest BCUT2D eigenvalue weighted by Gasteiger charge is 2.20. The minimum atomic E-state index is -1.29. The number of esters is 1. The maximum atomic E-state index is 11.1. The summed E-state index contributed by atoms with van der Waals surface area (Å²) in [6.07, 6.45) is -1.29. The molecule has 1 aliphatic heterocycles. The van der Waals surface area contributed by atoms with Crippen molar-refractivity contribution in [3.05, 3.63) is 23.8 Å². The maximum Gasteiger partial charge on any atom is 0.339 e. The Morgan fingerprint density at radius 3 is 2.75 bits per heavy atom. The zero-order valence-electron chi connectivity index (χ0n) is 8.80. The zero-order chi connectivity index (χ0) is 11.5. The first-order valence-corrected chi connectivity index (χ1v) is 4.88. The molecule has 1 aromatic rings. The van der Waals surface area contributed by atoms with Crippen molar-refractivity contribution in [1.82, 2.24) is 0 Å². The van der Waals surface area contributed by atoms with Gasteiger partial charge >= 0.3 is 5.97 Å². The molecule has 1 N–H and O–H groups in total. The van der Waals surface area contributed by atoms with Gasteiger partial charge in [0.05, 0.1) is 7.11 Å². The highest BCUT2D eigenvalue weighted by atomic mass is 16.6. The Morgan fingerprint density at radius 1 is 1.38 bits per heavy atom. The largest absolute Gasteiger partial charge is 0.486 e. The van der Waals surface area contributed by atoms with E-state index in [2.05, 4.69) is 4.74 Å². The monoisotopic (exact) mass is 224 g/mol. The van der Waals surface area contributed by atoms with Gasteiger partial charge in [0.15, 0.2) is 17.6 Å². The molecule has 5 nitrogen and oxygen atoms in total. The molecule has 1 atom stereocenters. The van der Waals surface area contributed by atoms with Crippen LogP contribution < -0.4 is 9.47 Å². The maximum absolute atomic E-state index is 11.1. The molecule has 0 bridgehead atoms. The highest BCUT2D eigenvalue weighted by Crippen LogP contribution is 2.32. The fraction of sp³-hybridized carbons (Fsp3) is 0.364. The van der Waals surface area contributed by atoms with Gasteiger partial charge < -0.3 is 19.3 Å². The Bertz CT molecular complexity index is 401. The SMILES string of the molecule is COC(=O)C(O)c1ccc2c(c1)OCCO2. The first-order valence-electron chi connectivity index (χ1n) is 4.88. The minimum absolute atomic E-state index is 0.427. The first-order chi connectivity index (χ1) is 7.72. The summed E-state index contributed by atoms with van der Waals surface area (Å²) in [5, 5.41) is 9.62. The van der Waals surface area contributed by atoms with Gasteiger partial charge in [-0.2, -0.15) is 0 Å². The van der Waals surface area contributed by atoms with Gasteiger partial charge in [0.2, 0.25) is 0 Å². The Labute approximate surface area is 92.5 Å². The molecule has 0 saturated carbocycles. The van der Waals surface area contributed by atoms with Crippen LogP contribution >= 0.6 is 0 Å². The van der Waals surface area contributed by atoms with Crippen LogP contribution in [0.4, 0.5) is 0 Å². The topological polar surface area (TPSA) is 65.0 Å². The number of methoxy groups -OCH3 is 1. The van der Waals surface area contributed by atoms with E-state index in [1.807, 2.05) is 0 Å². The van der Waals surface area contributed by atoms with Crippen molar-refractivity contribution < 1.29 is 24.1 Å². The van der Waals surface area contributed by atoms with Crippen molar-refractivity contribution in [3.8, 4) is 11.5 Å². The second kappa shape index (κ2) is 4.40. The Kier molecular flexibility index (Phi) is 2.96. The molecule has 86 valence electrons. The van der Waals surface area contributed by atoms with Crippen LogP contribution in [0.1, 0.15) is 11.7 Å². The summed E-state index contributed by atoms with van der Waals surface area (Å²) in [4.78, 5) is 11.1. The first kappa shape index (κ1) is 10.8. The van der Waals surface area contributed by atoms with E-state index in [0.29, 0.717) is 30.3 Å². The number of fused-ring (bicyclic) bond motifs is 1. The number of hydrogen-bond donors (Lipinski definition) is 1. The molecule has 1 heterocycles. The van der Waals surface area contributed by atoms with E-state index >= 15 is 0 Å². The number of ether oxygens (including phenoxy) is 3. The lowest BCUT2D eigenvalue weighted by atomic mass is 10.1. The average molecular weight is 224 g/mol. The lowest BCUT2D eigenvalue weighted by molar-refractivity contribution is -0.150. The average Bonchev–Trinajstić information content (AvgIpc) is 2.36. The number of hydrogen-bond acceptors (Lipinski definition) is 5. The van der Waals surface area contributed by atoms with Crippen LogP contribution in [-0.4, -0.2) is 31.4 Å². The predicted octanol–water partition coefficient (Wildman–Crippen LogP) is 0.664. The van der Waals surface area contributed by atoms with Crippen molar-refractivity contribution in [2.45, 2.75) is 6.10 Å². The third-order valence-electron chi connectivity index (χ3n) is 2.31. The van der Waals surface area contributed by atoms with Gasteiger partial charge in [-0.25, -0.2) is 4.79 Å². The van der Waals surface area contributed by atoms with Gasteiger partial charge in [-0.3, -0.25) is 0 Å². The molecule has 0 aromatic heterocycles. The Hall–Kier alpha value is -1.75. The van der Waals surface area contributed by atoms with Gasteiger partial charge in [-0.1, -0.05) is 6.07 Å². The summed E-state index contributed by atoms with van der Waals surface area (Å²) in [5.74, 6) is 0.454. The molecule has 1 aromatic carbocycles. The molecule has 2 rings (SSSR count). The van der Waals surface area contributed by atoms with Crippen molar-refractivity contribution >= 4 is 5.97 Å². The van der Waals surface area contributed by atoms with Crippen LogP contribution in [0.5, 0.6) is 11.5 Å². The van der Waals surface area contributed by atoms with E-state index in [-0.39, 0.29) is 0 Å². The molecule has 1 unspecified atom stereocenters. The molecule has 0 saturated heterocycles. The fourth-order valence-electron chi connectivity index (χ4n) is 1.48. The van der Waals surface area contributed by atoms with Crippen LogP contribution in [-0.2, 0) is 9.53 Å². The molecule has 0 aliphatic carbocycles. The summed E-state index contributed by atoms with van der Waals surface area (Å²) >= 11 is 0. The molecule has 0 spiro atoms. The van der Waals surface area contributed by atoms with Crippen molar-refractivity contribution in [2.75, 3.05) is 20.3 Å². The van der Waals surface area contributed by atoms with Crippen LogP contribution in [0.15, 0.2) is 18.2 Å². The van der Waals surface area contributed by atoms with E-state index in [4.69, 9.17) is 9.47 Å². The summed E-state index contributed by atoms with van der Waals surface area (Å²) in [6, 6.07) is 4.85. The number of carbonyl (C=O) groups is 1. The summed E-state index contributed by atoms with van der Waals surface area (Å²) in [6.45, 7) is 0.969. The smallest absolute Gasteiger partial charge is 0.339 e. The second-order valence-electron chi connectivity index (χ2n) is 3.33. The number of carbonyl (C=O) groups excluding carboxylic acids is 1. The van der Waals surface area contributed by atoms with Gasteiger partial charge in [0, 0.05) is 0 Å². The molecule has 0 amide bonds. The minimum Gasteiger partial charge on any atom is -0.486 e. The molecular formula is C11H12O5. The molecule has 5 heteroatoms. The highest BCUT2D eigenvalue weighted by molar-refractivity contribution is 5.76.